The predicted molar refractivity (Wildman–Crippen MR) is 300 cm³/mol. The number of benzene rings is 11. The third-order valence-corrected chi connectivity index (χ3v) is 16.4. The van der Waals surface area contributed by atoms with Crippen molar-refractivity contribution in [2.24, 2.45) is 0 Å². The highest BCUT2D eigenvalue weighted by atomic mass is 15.1. The van der Waals surface area contributed by atoms with Crippen molar-refractivity contribution >= 4 is 38.9 Å². The number of anilines is 3. The molecule has 0 bridgehead atoms. The lowest BCUT2D eigenvalue weighted by Gasteiger charge is -2.32. The average molecular weight is 917 g/mol. The summed E-state index contributed by atoms with van der Waals surface area (Å²) in [6.45, 7) is 4.74. The lowest BCUT2D eigenvalue weighted by atomic mass is 9.68. The second-order valence-electron chi connectivity index (χ2n) is 20.4. The third kappa shape index (κ3) is 5.61. The molecule has 0 amide bonds. The molecular weight excluding hydrogens is 869 g/mol. The van der Waals surface area contributed by atoms with Crippen LogP contribution in [0, 0.1) is 0 Å². The van der Waals surface area contributed by atoms with E-state index >= 15 is 0 Å². The van der Waals surface area contributed by atoms with Gasteiger partial charge in [0.15, 0.2) is 0 Å². The first-order valence-corrected chi connectivity index (χ1v) is 25.3. The first kappa shape index (κ1) is 40.9. The summed E-state index contributed by atoms with van der Waals surface area (Å²) in [6, 6.07) is 95.1. The number of hydrogen-bond donors (Lipinski definition) is 0. The van der Waals surface area contributed by atoms with Gasteiger partial charge in [0.1, 0.15) is 0 Å². The minimum absolute atomic E-state index is 0.137. The fourth-order valence-electron chi connectivity index (χ4n) is 13.3. The largest absolute Gasteiger partial charge is 0.310 e. The van der Waals surface area contributed by atoms with Crippen molar-refractivity contribution in [2.45, 2.75) is 24.7 Å². The minimum atomic E-state index is -0.430. The number of aromatic nitrogens is 1. The van der Waals surface area contributed by atoms with Crippen LogP contribution in [0.15, 0.2) is 255 Å². The van der Waals surface area contributed by atoms with Crippen LogP contribution >= 0.6 is 0 Å². The van der Waals surface area contributed by atoms with Gasteiger partial charge in [0.2, 0.25) is 0 Å². The van der Waals surface area contributed by atoms with Crippen molar-refractivity contribution in [3.8, 4) is 61.3 Å². The van der Waals surface area contributed by atoms with Gasteiger partial charge in [-0.05, 0) is 156 Å². The maximum absolute atomic E-state index is 2.44. The highest BCUT2D eigenvalue weighted by molar-refractivity contribution is 6.10. The fourth-order valence-corrected chi connectivity index (χ4v) is 13.3. The third-order valence-electron chi connectivity index (χ3n) is 16.4. The van der Waals surface area contributed by atoms with E-state index < -0.39 is 5.41 Å². The summed E-state index contributed by atoms with van der Waals surface area (Å²) >= 11 is 0. The Balaban J connectivity index is 0.866. The van der Waals surface area contributed by atoms with E-state index in [0.717, 1.165) is 17.1 Å². The van der Waals surface area contributed by atoms with Crippen molar-refractivity contribution < 1.29 is 0 Å². The van der Waals surface area contributed by atoms with E-state index in [9.17, 15) is 0 Å². The molecule has 3 aliphatic carbocycles. The molecule has 1 aromatic heterocycles. The maximum Gasteiger partial charge on any atom is 0.0731 e. The van der Waals surface area contributed by atoms with Crippen LogP contribution in [0.5, 0.6) is 0 Å². The summed E-state index contributed by atoms with van der Waals surface area (Å²) in [5.41, 5.74) is 27.3. The molecule has 0 N–H and O–H groups in total. The zero-order chi connectivity index (χ0) is 47.7. The van der Waals surface area contributed by atoms with Gasteiger partial charge >= 0.3 is 0 Å². The van der Waals surface area contributed by atoms with Crippen LogP contribution in [0.3, 0.4) is 0 Å². The highest BCUT2D eigenvalue weighted by Crippen LogP contribution is 2.64. The summed E-state index contributed by atoms with van der Waals surface area (Å²) in [7, 11) is 0. The van der Waals surface area contributed by atoms with Crippen LogP contribution in [-0.4, -0.2) is 4.57 Å². The smallest absolute Gasteiger partial charge is 0.0731 e. The molecule has 0 fully saturated rings. The van der Waals surface area contributed by atoms with E-state index in [-0.39, 0.29) is 5.41 Å². The van der Waals surface area contributed by atoms with Gasteiger partial charge in [0.05, 0.1) is 16.4 Å². The number of hydrogen-bond acceptors (Lipinski definition) is 1. The predicted octanol–water partition coefficient (Wildman–Crippen LogP) is 18.2. The second-order valence-corrected chi connectivity index (χ2v) is 20.4. The monoisotopic (exact) mass is 916 g/mol. The number of nitrogens with zero attached hydrogens (tertiary/aromatic N) is 2. The van der Waals surface area contributed by atoms with Gasteiger partial charge in [-0.15, -0.1) is 0 Å². The molecule has 11 aromatic carbocycles. The summed E-state index contributed by atoms with van der Waals surface area (Å²) in [6.07, 6.45) is 0. The molecule has 3 aliphatic rings. The van der Waals surface area contributed by atoms with Crippen LogP contribution in [0.1, 0.15) is 47.2 Å². The van der Waals surface area contributed by atoms with Crippen molar-refractivity contribution in [1.29, 1.82) is 0 Å². The molecule has 1 spiro atoms. The van der Waals surface area contributed by atoms with Crippen molar-refractivity contribution in [2.75, 3.05) is 4.90 Å². The lowest BCUT2D eigenvalue weighted by molar-refractivity contribution is 0.660. The van der Waals surface area contributed by atoms with Gasteiger partial charge < -0.3 is 9.47 Å². The Kier molecular flexibility index (Phi) is 8.66. The Morgan fingerprint density at radius 1 is 0.306 bits per heavy atom. The van der Waals surface area contributed by atoms with Crippen LogP contribution in [0.4, 0.5) is 17.1 Å². The molecular formula is C70H48N2. The zero-order valence-electron chi connectivity index (χ0n) is 40.1. The molecule has 0 radical (unpaired) electrons. The van der Waals surface area contributed by atoms with E-state index in [1.54, 1.807) is 0 Å². The zero-order valence-corrected chi connectivity index (χ0v) is 40.1. The number of fused-ring (bicyclic) bond motifs is 16. The van der Waals surface area contributed by atoms with Crippen LogP contribution in [-0.2, 0) is 10.8 Å². The Morgan fingerprint density at radius 2 is 0.778 bits per heavy atom. The molecule has 72 heavy (non-hydrogen) atoms. The molecule has 338 valence electrons. The van der Waals surface area contributed by atoms with Gasteiger partial charge in [0.25, 0.3) is 0 Å². The van der Waals surface area contributed by atoms with E-state index in [1.165, 1.54) is 117 Å². The first-order chi connectivity index (χ1) is 35.5. The quantitative estimate of drug-likeness (QED) is 0.161. The average Bonchev–Trinajstić information content (AvgIpc) is 4.12. The van der Waals surface area contributed by atoms with Gasteiger partial charge in [-0.1, -0.05) is 202 Å². The topological polar surface area (TPSA) is 8.17 Å². The molecule has 2 heteroatoms. The number of para-hydroxylation sites is 2. The fraction of sp³-hybridized carbons (Fsp3) is 0.0571. The molecule has 12 aromatic rings. The highest BCUT2D eigenvalue weighted by Gasteiger charge is 2.52. The molecule has 0 unspecified atom stereocenters. The lowest BCUT2D eigenvalue weighted by Crippen LogP contribution is -2.26. The summed E-state index contributed by atoms with van der Waals surface area (Å²) in [5.74, 6) is 0. The second kappa shape index (κ2) is 15.3. The van der Waals surface area contributed by atoms with E-state index in [1.807, 2.05) is 0 Å². The normalized spacial score (nSPS) is 13.9. The molecule has 1 heterocycles. The molecule has 0 saturated carbocycles. The van der Waals surface area contributed by atoms with E-state index in [4.69, 9.17) is 0 Å². The van der Waals surface area contributed by atoms with Crippen LogP contribution in [0.2, 0.25) is 0 Å². The van der Waals surface area contributed by atoms with Crippen molar-refractivity contribution in [3.63, 3.8) is 0 Å². The summed E-state index contributed by atoms with van der Waals surface area (Å²) < 4.78 is 2.38. The van der Waals surface area contributed by atoms with E-state index in [2.05, 4.69) is 278 Å². The Bertz CT molecular complexity index is 4110. The van der Waals surface area contributed by atoms with Gasteiger partial charge in [-0.3, -0.25) is 0 Å². The Labute approximate surface area is 420 Å². The maximum atomic E-state index is 2.44. The molecule has 0 saturated heterocycles. The molecule has 0 atom stereocenters. The van der Waals surface area contributed by atoms with Crippen LogP contribution in [0.25, 0.3) is 83.1 Å². The van der Waals surface area contributed by atoms with Gasteiger partial charge in [0, 0.05) is 38.9 Å². The SMILES string of the molecule is CC1(C)c2ccccc2-c2ccc(N(c3ccc(-c4ccc5c(c4)c4ccccc4n5-c4ccccc4)cc3)c3ccc(-c4cccc5c4C4(c6ccccc6-c6ccccc64)c4ccccc4-5)cc3)cc21. The Morgan fingerprint density at radius 3 is 1.44 bits per heavy atom. The van der Waals surface area contributed by atoms with Gasteiger partial charge in [-0.2, -0.15) is 0 Å². The van der Waals surface area contributed by atoms with Gasteiger partial charge in [-0.25, -0.2) is 0 Å². The van der Waals surface area contributed by atoms with Crippen molar-refractivity contribution in [1.82, 2.24) is 4.57 Å². The number of rotatable bonds is 6. The van der Waals surface area contributed by atoms with E-state index in [0.29, 0.717) is 0 Å². The van der Waals surface area contributed by atoms with Crippen LogP contribution < -0.4 is 4.90 Å². The molecule has 0 aliphatic heterocycles. The minimum Gasteiger partial charge on any atom is -0.310 e. The first-order valence-electron chi connectivity index (χ1n) is 25.3. The molecule has 2 nitrogen and oxygen atoms in total. The summed E-state index contributed by atoms with van der Waals surface area (Å²) in [5, 5.41) is 2.50. The Hall–Kier alpha value is -8.98. The van der Waals surface area contributed by atoms with Crippen molar-refractivity contribution in [3.05, 3.63) is 288 Å². The molecule has 15 rings (SSSR count). The standard InChI is InChI=1S/C70H48N2/c1-69(2)61-26-11-6-19-53(61)57-41-40-51(44-65(57)69)71(49-36-31-45(32-37-49)47-35-42-67-60(43-47)58-23-10-15-30-66(58)72(67)48-17-4-3-5-18-48)50-38-33-46(34-39-50)52-24-16-25-59-56-22-9-14-29-64(56)70(68(52)59)62-27-12-7-20-54(62)55-21-8-13-28-63(55)70/h3-44H,1-2H3. The summed E-state index contributed by atoms with van der Waals surface area (Å²) in [4.78, 5) is 2.44.